The number of aromatic nitrogens is 1. The molecule has 0 atom stereocenters. The minimum atomic E-state index is -3.61. The van der Waals surface area contributed by atoms with Crippen LogP contribution in [0.1, 0.15) is 29.6 Å². The number of rotatable bonds is 7. The predicted molar refractivity (Wildman–Crippen MR) is 110 cm³/mol. The van der Waals surface area contributed by atoms with Gasteiger partial charge in [-0.05, 0) is 55.7 Å². The maximum absolute atomic E-state index is 12.4. The largest absolute Gasteiger partial charge is 0.357 e. The summed E-state index contributed by atoms with van der Waals surface area (Å²) in [5.74, 6) is 0.592. The molecule has 1 aliphatic rings. The summed E-state index contributed by atoms with van der Waals surface area (Å²) in [6, 6.07) is 9.49. The number of hydrogen-bond donors (Lipinski definition) is 2. The van der Waals surface area contributed by atoms with Gasteiger partial charge in [0, 0.05) is 25.2 Å². The third-order valence-electron chi connectivity index (χ3n) is 4.53. The smallest absolute Gasteiger partial charge is 0.255 e. The lowest BCUT2D eigenvalue weighted by Gasteiger charge is -2.27. The molecule has 7 nitrogen and oxygen atoms in total. The van der Waals surface area contributed by atoms with Crippen molar-refractivity contribution in [2.45, 2.75) is 24.2 Å². The Hall–Kier alpha value is -2.71. The second-order valence-electron chi connectivity index (χ2n) is 6.57. The minimum absolute atomic E-state index is 0.0958. The lowest BCUT2D eigenvalue weighted by molar-refractivity contribution is 0.102. The first-order valence-corrected chi connectivity index (χ1v) is 10.7. The summed E-state index contributed by atoms with van der Waals surface area (Å²) < 4.78 is 26.5. The summed E-state index contributed by atoms with van der Waals surface area (Å²) in [6.07, 6.45) is 6.71. The maximum atomic E-state index is 12.4. The van der Waals surface area contributed by atoms with Gasteiger partial charge in [0.15, 0.2) is 0 Å². The average molecular weight is 401 g/mol. The lowest BCUT2D eigenvalue weighted by Crippen LogP contribution is -2.30. The summed E-state index contributed by atoms with van der Waals surface area (Å²) >= 11 is 0. The molecule has 0 spiro atoms. The predicted octanol–water partition coefficient (Wildman–Crippen LogP) is 2.79. The Morgan fingerprint density at radius 1 is 1.11 bits per heavy atom. The first kappa shape index (κ1) is 20.0. The first-order valence-electron chi connectivity index (χ1n) is 9.22. The molecular weight excluding hydrogens is 376 g/mol. The summed E-state index contributed by atoms with van der Waals surface area (Å²) in [5, 5.41) is 2.78. The summed E-state index contributed by atoms with van der Waals surface area (Å²) in [6.45, 7) is 5.64. The van der Waals surface area contributed by atoms with Gasteiger partial charge >= 0.3 is 0 Å². The second-order valence-corrected chi connectivity index (χ2v) is 8.34. The molecular formula is C20H24N4O3S. The van der Waals surface area contributed by atoms with Gasteiger partial charge in [-0.1, -0.05) is 6.08 Å². The van der Waals surface area contributed by atoms with Gasteiger partial charge < -0.3 is 10.2 Å². The average Bonchev–Trinajstić information content (AvgIpc) is 2.73. The highest BCUT2D eigenvalue weighted by molar-refractivity contribution is 7.89. The van der Waals surface area contributed by atoms with Gasteiger partial charge in [-0.15, -0.1) is 6.58 Å². The fourth-order valence-corrected chi connectivity index (χ4v) is 4.01. The van der Waals surface area contributed by atoms with Crippen molar-refractivity contribution < 1.29 is 13.2 Å². The van der Waals surface area contributed by atoms with E-state index in [0.717, 1.165) is 18.9 Å². The first-order chi connectivity index (χ1) is 13.5. The van der Waals surface area contributed by atoms with Crippen molar-refractivity contribution in [1.82, 2.24) is 9.71 Å². The van der Waals surface area contributed by atoms with Gasteiger partial charge in [0.2, 0.25) is 10.0 Å². The van der Waals surface area contributed by atoms with Crippen LogP contribution in [0.25, 0.3) is 0 Å². The Kier molecular flexibility index (Phi) is 6.43. The van der Waals surface area contributed by atoms with Gasteiger partial charge in [-0.3, -0.25) is 4.79 Å². The van der Waals surface area contributed by atoms with Crippen molar-refractivity contribution in [3.05, 3.63) is 60.8 Å². The Balaban J connectivity index is 1.63. The van der Waals surface area contributed by atoms with E-state index in [9.17, 15) is 13.2 Å². The molecule has 1 aromatic carbocycles. The standard InChI is InChI=1S/C20H24N4O3S/c1-2-12-22-28(26,27)18-9-6-16(7-10-18)20(25)23-17-8-11-19(21-15-17)24-13-4-3-5-14-24/h2,6-11,15,22H,1,3-5,12-14H2,(H,23,25). The number of pyridine rings is 1. The van der Waals surface area contributed by atoms with Gasteiger partial charge in [0.1, 0.15) is 5.82 Å². The molecule has 1 aliphatic heterocycles. The number of carbonyl (C=O) groups excluding carboxylic acids is 1. The second kappa shape index (κ2) is 8.99. The highest BCUT2D eigenvalue weighted by atomic mass is 32.2. The van der Waals surface area contributed by atoms with E-state index in [1.54, 1.807) is 6.20 Å². The summed E-state index contributed by atoms with van der Waals surface area (Å²) in [4.78, 5) is 19.2. The molecule has 0 radical (unpaired) electrons. The molecule has 1 saturated heterocycles. The normalized spacial score (nSPS) is 14.5. The molecule has 2 heterocycles. The highest BCUT2D eigenvalue weighted by Crippen LogP contribution is 2.19. The zero-order valence-electron chi connectivity index (χ0n) is 15.6. The topological polar surface area (TPSA) is 91.4 Å². The number of hydrogen-bond acceptors (Lipinski definition) is 5. The molecule has 2 aromatic rings. The minimum Gasteiger partial charge on any atom is -0.357 e. The molecule has 1 aromatic heterocycles. The van der Waals surface area contributed by atoms with E-state index in [2.05, 4.69) is 26.5 Å². The van der Waals surface area contributed by atoms with Gasteiger partial charge in [0.05, 0.1) is 16.8 Å². The van der Waals surface area contributed by atoms with Gasteiger partial charge in [0.25, 0.3) is 5.91 Å². The van der Waals surface area contributed by atoms with Crippen molar-refractivity contribution in [1.29, 1.82) is 0 Å². The Labute approximate surface area is 165 Å². The number of benzene rings is 1. The van der Waals surface area contributed by atoms with E-state index < -0.39 is 10.0 Å². The molecule has 3 rings (SSSR count). The van der Waals surface area contributed by atoms with E-state index in [0.29, 0.717) is 11.3 Å². The van der Waals surface area contributed by atoms with Crippen LogP contribution in [-0.4, -0.2) is 38.9 Å². The quantitative estimate of drug-likeness (QED) is 0.698. The Morgan fingerprint density at radius 2 is 1.82 bits per heavy atom. The molecule has 0 saturated carbocycles. The number of nitrogens with zero attached hydrogens (tertiary/aromatic N) is 2. The number of anilines is 2. The monoisotopic (exact) mass is 400 g/mol. The Morgan fingerprint density at radius 3 is 2.43 bits per heavy atom. The van der Waals surface area contributed by atoms with Crippen molar-refractivity contribution in [3.63, 3.8) is 0 Å². The molecule has 0 unspecified atom stereocenters. The van der Waals surface area contributed by atoms with Gasteiger partial charge in [-0.2, -0.15) is 0 Å². The molecule has 1 fully saturated rings. The lowest BCUT2D eigenvalue weighted by atomic mass is 10.1. The molecule has 148 valence electrons. The zero-order valence-corrected chi connectivity index (χ0v) is 16.4. The highest BCUT2D eigenvalue weighted by Gasteiger charge is 2.15. The fraction of sp³-hybridized carbons (Fsp3) is 0.300. The summed E-state index contributed by atoms with van der Waals surface area (Å²) in [5.41, 5.74) is 0.956. The number of carbonyl (C=O) groups is 1. The number of piperidine rings is 1. The van der Waals surface area contributed by atoms with E-state index >= 15 is 0 Å². The third-order valence-corrected chi connectivity index (χ3v) is 5.97. The molecule has 0 bridgehead atoms. The van der Waals surface area contributed by atoms with E-state index in [1.807, 2.05) is 12.1 Å². The van der Waals surface area contributed by atoms with Gasteiger partial charge in [-0.25, -0.2) is 18.1 Å². The number of nitrogens with one attached hydrogen (secondary N) is 2. The van der Waals surface area contributed by atoms with Crippen LogP contribution < -0.4 is 14.9 Å². The van der Waals surface area contributed by atoms with Crippen LogP contribution in [0.2, 0.25) is 0 Å². The number of amides is 1. The molecule has 28 heavy (non-hydrogen) atoms. The Bertz CT molecular complexity index is 919. The SMILES string of the molecule is C=CCNS(=O)(=O)c1ccc(C(=O)Nc2ccc(N3CCCCC3)nc2)cc1. The van der Waals surface area contributed by atoms with Crippen LogP contribution in [-0.2, 0) is 10.0 Å². The van der Waals surface area contributed by atoms with Crippen LogP contribution in [0, 0.1) is 0 Å². The molecule has 2 N–H and O–H groups in total. The van der Waals surface area contributed by atoms with Crippen molar-refractivity contribution >= 4 is 27.4 Å². The fourth-order valence-electron chi connectivity index (χ4n) is 3.01. The van der Waals surface area contributed by atoms with Crippen LogP contribution in [0.5, 0.6) is 0 Å². The van der Waals surface area contributed by atoms with Crippen LogP contribution in [0.3, 0.4) is 0 Å². The third kappa shape index (κ3) is 4.96. The van der Waals surface area contributed by atoms with Crippen molar-refractivity contribution in [2.75, 3.05) is 29.9 Å². The van der Waals surface area contributed by atoms with E-state index in [4.69, 9.17) is 0 Å². The van der Waals surface area contributed by atoms with Crippen LogP contribution >= 0.6 is 0 Å². The van der Waals surface area contributed by atoms with Crippen molar-refractivity contribution in [3.8, 4) is 0 Å². The van der Waals surface area contributed by atoms with Crippen molar-refractivity contribution in [2.24, 2.45) is 0 Å². The van der Waals surface area contributed by atoms with E-state index in [-0.39, 0.29) is 17.3 Å². The summed E-state index contributed by atoms with van der Waals surface area (Å²) in [7, 11) is -3.61. The van der Waals surface area contributed by atoms with Crippen LogP contribution in [0.4, 0.5) is 11.5 Å². The molecule has 1 amide bonds. The molecule has 0 aliphatic carbocycles. The number of sulfonamides is 1. The maximum Gasteiger partial charge on any atom is 0.255 e. The zero-order chi connectivity index (χ0) is 20.0. The van der Waals surface area contributed by atoms with Crippen LogP contribution in [0.15, 0.2) is 60.1 Å². The molecule has 8 heteroatoms. The van der Waals surface area contributed by atoms with E-state index in [1.165, 1.54) is 49.6 Å².